The van der Waals surface area contributed by atoms with Gasteiger partial charge in [-0.15, -0.1) is 0 Å². The number of nitrogens with one attached hydrogen (secondary N) is 1. The molecule has 1 fully saturated rings. The Morgan fingerprint density at radius 2 is 2.25 bits per heavy atom. The maximum absolute atomic E-state index is 13.3. The van der Waals surface area contributed by atoms with Crippen LogP contribution in [0.2, 0.25) is 0 Å². The summed E-state index contributed by atoms with van der Waals surface area (Å²) in [4.78, 5) is 17.3. The summed E-state index contributed by atoms with van der Waals surface area (Å²) in [5.74, 6) is 1.34. The van der Waals surface area contributed by atoms with Gasteiger partial charge in [-0.3, -0.25) is 0 Å². The third-order valence-corrected chi connectivity index (χ3v) is 4.65. The van der Waals surface area contributed by atoms with E-state index in [0.717, 1.165) is 16.2 Å². The molecule has 28 heavy (non-hydrogen) atoms. The molecule has 10 heteroatoms. The normalized spacial score (nSPS) is 18.4. The van der Waals surface area contributed by atoms with E-state index < -0.39 is 18.6 Å². The van der Waals surface area contributed by atoms with Crippen LogP contribution in [-0.2, 0) is 16.0 Å². The Kier molecular flexibility index (Phi) is 5.03. The number of cyclic esters (lactones) is 1. The van der Waals surface area contributed by atoms with Crippen LogP contribution in [0.4, 0.5) is 25.1 Å². The van der Waals surface area contributed by atoms with Gasteiger partial charge in [0.1, 0.15) is 30.8 Å². The highest BCUT2D eigenvalue weighted by molar-refractivity contribution is 5.89. The van der Waals surface area contributed by atoms with Gasteiger partial charge in [-0.25, -0.2) is 23.5 Å². The van der Waals surface area contributed by atoms with E-state index in [2.05, 4.69) is 10.3 Å². The minimum Gasteiger partial charge on any atom is -0.491 e. The van der Waals surface area contributed by atoms with Crippen molar-refractivity contribution in [1.82, 2.24) is 9.55 Å². The van der Waals surface area contributed by atoms with Gasteiger partial charge in [0.05, 0.1) is 18.7 Å². The van der Waals surface area contributed by atoms with Crippen molar-refractivity contribution in [2.24, 2.45) is 0 Å². The highest BCUT2D eigenvalue weighted by Crippen LogP contribution is 2.36. The molecule has 2 aliphatic heterocycles. The van der Waals surface area contributed by atoms with E-state index in [1.807, 2.05) is 18.2 Å². The maximum Gasteiger partial charge on any atom is 0.416 e. The molecular formula is C18H20F2N4O4. The van der Waals surface area contributed by atoms with Crippen LogP contribution >= 0.6 is 0 Å². The van der Waals surface area contributed by atoms with Gasteiger partial charge < -0.3 is 24.1 Å². The van der Waals surface area contributed by atoms with Gasteiger partial charge in [0.25, 0.3) is 6.43 Å². The van der Waals surface area contributed by atoms with E-state index >= 15 is 0 Å². The van der Waals surface area contributed by atoms with Crippen LogP contribution in [0.25, 0.3) is 11.4 Å². The van der Waals surface area contributed by atoms with Crippen LogP contribution < -0.4 is 15.0 Å². The zero-order valence-corrected chi connectivity index (χ0v) is 15.2. The van der Waals surface area contributed by atoms with Crippen molar-refractivity contribution in [2.45, 2.75) is 19.0 Å². The molecule has 150 valence electrons. The van der Waals surface area contributed by atoms with Crippen molar-refractivity contribution >= 4 is 17.6 Å². The Morgan fingerprint density at radius 3 is 3.04 bits per heavy atom. The number of halogens is 2. The number of imidazole rings is 1. The number of carbonyl (C=O) groups is 1. The van der Waals surface area contributed by atoms with Gasteiger partial charge >= 0.3 is 6.09 Å². The van der Waals surface area contributed by atoms with Gasteiger partial charge in [0.2, 0.25) is 0 Å². The number of amides is 1. The predicted octanol–water partition coefficient (Wildman–Crippen LogP) is 2.59. The molecule has 1 atom stereocenters. The molecule has 8 nitrogen and oxygen atoms in total. The zero-order chi connectivity index (χ0) is 19.7. The molecule has 1 saturated heterocycles. The fourth-order valence-corrected chi connectivity index (χ4v) is 3.28. The Bertz CT molecular complexity index is 873. The average Bonchev–Trinajstić information content (AvgIpc) is 3.21. The smallest absolute Gasteiger partial charge is 0.416 e. The zero-order valence-electron chi connectivity index (χ0n) is 15.2. The standard InChI is InChI=1S/C18H20F2N4O4/c1-26-6-4-21-11-2-3-12-14(8-11)27-7-5-23-9-15(22-17(12)23)24-13(16(19)20)10-28-18(24)25/h2-3,8-9,13,16,21H,4-7,10H2,1H3. The number of hydrogen-bond donors (Lipinski definition) is 1. The summed E-state index contributed by atoms with van der Waals surface area (Å²) in [7, 11) is 1.63. The van der Waals surface area contributed by atoms with Crippen LogP contribution in [0.1, 0.15) is 0 Å². The summed E-state index contributed by atoms with van der Waals surface area (Å²) in [6.45, 7) is 1.74. The molecule has 0 spiro atoms. The Labute approximate surface area is 160 Å². The lowest BCUT2D eigenvalue weighted by molar-refractivity contribution is 0.104. The molecule has 2 aliphatic rings. The SMILES string of the molecule is COCCNc1ccc2c(c1)OCCn1cc(N3C(=O)OCC3C(F)F)nc1-2. The second-order valence-electron chi connectivity index (χ2n) is 6.44. The highest BCUT2D eigenvalue weighted by atomic mass is 19.3. The molecule has 1 unspecified atom stereocenters. The minimum atomic E-state index is -2.72. The van der Waals surface area contributed by atoms with E-state index in [1.165, 1.54) is 0 Å². The molecule has 1 aromatic heterocycles. The molecular weight excluding hydrogens is 374 g/mol. The fourth-order valence-electron chi connectivity index (χ4n) is 3.28. The number of benzene rings is 1. The lowest BCUT2D eigenvalue weighted by Gasteiger charge is -2.17. The first-order valence-corrected chi connectivity index (χ1v) is 8.90. The molecule has 1 aromatic carbocycles. The number of fused-ring (bicyclic) bond motifs is 3. The lowest BCUT2D eigenvalue weighted by Crippen LogP contribution is -2.38. The first-order valence-electron chi connectivity index (χ1n) is 8.90. The summed E-state index contributed by atoms with van der Waals surface area (Å²) in [5, 5.41) is 3.23. The van der Waals surface area contributed by atoms with E-state index in [-0.39, 0.29) is 12.4 Å². The second-order valence-corrected chi connectivity index (χ2v) is 6.44. The topological polar surface area (TPSA) is 77.9 Å². The van der Waals surface area contributed by atoms with Crippen LogP contribution in [0.3, 0.4) is 0 Å². The Hall–Kier alpha value is -2.88. The lowest BCUT2D eigenvalue weighted by atomic mass is 10.1. The molecule has 0 radical (unpaired) electrons. The highest BCUT2D eigenvalue weighted by Gasteiger charge is 2.42. The van der Waals surface area contributed by atoms with Gasteiger partial charge in [-0.2, -0.15) is 0 Å². The predicted molar refractivity (Wildman–Crippen MR) is 97.1 cm³/mol. The fraction of sp³-hybridized carbons (Fsp3) is 0.444. The molecule has 0 bridgehead atoms. The third kappa shape index (κ3) is 3.35. The van der Waals surface area contributed by atoms with E-state index in [9.17, 15) is 13.6 Å². The summed E-state index contributed by atoms with van der Waals surface area (Å²) in [6, 6.07) is 4.26. The van der Waals surface area contributed by atoms with Crippen molar-refractivity contribution in [1.29, 1.82) is 0 Å². The van der Waals surface area contributed by atoms with Gasteiger partial charge in [-0.05, 0) is 12.1 Å². The van der Waals surface area contributed by atoms with E-state index in [0.29, 0.717) is 37.9 Å². The largest absolute Gasteiger partial charge is 0.491 e. The number of methoxy groups -OCH3 is 1. The number of ether oxygens (including phenoxy) is 3. The number of hydrogen-bond acceptors (Lipinski definition) is 6. The molecule has 1 amide bonds. The van der Waals surface area contributed by atoms with Gasteiger partial charge in [-0.1, -0.05) is 0 Å². The van der Waals surface area contributed by atoms with Crippen LogP contribution in [0, 0.1) is 0 Å². The van der Waals surface area contributed by atoms with Gasteiger partial charge in [0, 0.05) is 31.6 Å². The van der Waals surface area contributed by atoms with E-state index in [4.69, 9.17) is 14.2 Å². The monoisotopic (exact) mass is 394 g/mol. The number of nitrogens with zero attached hydrogens (tertiary/aromatic N) is 3. The Balaban J connectivity index is 1.66. The first kappa shape index (κ1) is 18.5. The number of anilines is 2. The first-order chi connectivity index (χ1) is 13.6. The molecule has 3 heterocycles. The van der Waals surface area contributed by atoms with E-state index in [1.54, 1.807) is 17.9 Å². The summed E-state index contributed by atoms with van der Waals surface area (Å²) in [5.41, 5.74) is 1.60. The van der Waals surface area contributed by atoms with Crippen molar-refractivity contribution < 1.29 is 27.8 Å². The minimum absolute atomic E-state index is 0.151. The molecule has 4 rings (SSSR count). The number of aromatic nitrogens is 2. The van der Waals surface area contributed by atoms with Crippen molar-refractivity contribution in [3.63, 3.8) is 0 Å². The maximum atomic E-state index is 13.3. The van der Waals surface area contributed by atoms with Gasteiger partial charge in [0.15, 0.2) is 5.82 Å². The Morgan fingerprint density at radius 1 is 1.39 bits per heavy atom. The number of rotatable bonds is 6. The second kappa shape index (κ2) is 7.63. The molecule has 1 N–H and O–H groups in total. The van der Waals surface area contributed by atoms with Crippen LogP contribution in [0.15, 0.2) is 24.4 Å². The average molecular weight is 394 g/mol. The van der Waals surface area contributed by atoms with Crippen LogP contribution in [-0.4, -0.2) is 61.6 Å². The van der Waals surface area contributed by atoms with Crippen LogP contribution in [0.5, 0.6) is 5.75 Å². The molecule has 0 aliphatic carbocycles. The summed E-state index contributed by atoms with van der Waals surface area (Å²) >= 11 is 0. The van der Waals surface area contributed by atoms with Crippen molar-refractivity contribution in [3.8, 4) is 17.1 Å². The number of carbonyl (C=O) groups excluding carboxylic acids is 1. The summed E-state index contributed by atoms with van der Waals surface area (Å²) < 4.78 is 44.0. The van der Waals surface area contributed by atoms with Crippen molar-refractivity contribution in [3.05, 3.63) is 24.4 Å². The molecule has 2 aromatic rings. The molecule has 0 saturated carbocycles. The third-order valence-electron chi connectivity index (χ3n) is 4.65. The quantitative estimate of drug-likeness (QED) is 0.759. The number of alkyl halides is 2. The summed E-state index contributed by atoms with van der Waals surface area (Å²) in [6.07, 6.45) is -1.95. The van der Waals surface area contributed by atoms with Crippen molar-refractivity contribution in [2.75, 3.05) is 43.7 Å².